The Labute approximate surface area is 454 Å². The zero-order valence-electron chi connectivity index (χ0n) is 43.1. The number of carbonyl (C=O) groups is 4. The molecule has 7 heterocycles. The van der Waals surface area contributed by atoms with E-state index in [0.29, 0.717) is 98.7 Å². The first-order valence-electron chi connectivity index (χ1n) is 26.6. The Hall–Kier alpha value is -11.3. The molecule has 15 nitrogen and oxygen atoms in total. The van der Waals surface area contributed by atoms with E-state index >= 15 is 0 Å². The molecule has 15 heteroatoms. The number of nitrogens with zero attached hydrogens (tertiary/aromatic N) is 7. The molecule has 0 unspecified atom stereocenters. The number of benzene rings is 13. The van der Waals surface area contributed by atoms with E-state index in [1.54, 1.807) is 33.1 Å². The monoisotopic (exact) mass is 1060 g/mol. The quantitative estimate of drug-likeness (QED) is 0.0805. The minimum atomic E-state index is -0.382. The van der Waals surface area contributed by atoms with Gasteiger partial charge in [0, 0.05) is 86.5 Å². The molecule has 2 aliphatic heterocycles. The molecule has 0 aliphatic carbocycles. The average molecular weight is 1060 g/mol. The first-order valence-corrected chi connectivity index (χ1v) is 26.6. The summed E-state index contributed by atoms with van der Waals surface area (Å²) < 4.78 is 4.48. The van der Waals surface area contributed by atoms with Gasteiger partial charge in [-0.05, 0) is 148 Å². The van der Waals surface area contributed by atoms with Crippen molar-refractivity contribution in [2.75, 3.05) is 14.1 Å². The van der Waals surface area contributed by atoms with Crippen LogP contribution in [-0.2, 0) is 7.05 Å². The number of amides is 4. The molecule has 0 saturated heterocycles. The number of fused-ring (bicyclic) bond motifs is 14. The molecule has 0 N–H and O–H groups in total. The molecule has 13 aromatic carbocycles. The zero-order valence-corrected chi connectivity index (χ0v) is 43.1. The third-order valence-corrected chi connectivity index (χ3v) is 18.4. The maximum absolute atomic E-state index is 14.3. The van der Waals surface area contributed by atoms with Crippen LogP contribution in [-0.4, -0.2) is 70.9 Å². The van der Waals surface area contributed by atoms with Gasteiger partial charge in [-0.1, -0.05) is 60.7 Å². The fourth-order valence-electron chi connectivity index (χ4n) is 14.9. The molecule has 0 atom stereocenters. The van der Waals surface area contributed by atoms with Crippen molar-refractivity contribution in [1.82, 2.24) is 33.1 Å². The first-order chi connectivity index (χ1) is 39.8. The van der Waals surface area contributed by atoms with Crippen molar-refractivity contribution in [3.8, 4) is 0 Å². The molecule has 20 rings (SSSR count). The van der Waals surface area contributed by atoms with Gasteiger partial charge in [-0.15, -0.1) is 0 Å². The molecule has 4 amide bonds. The van der Waals surface area contributed by atoms with E-state index in [4.69, 9.17) is 9.97 Å². The maximum Gasteiger partial charge on any atom is 0.264 e. The summed E-state index contributed by atoms with van der Waals surface area (Å²) in [6, 6.07) is 41.4. The van der Waals surface area contributed by atoms with Gasteiger partial charge in [0.15, 0.2) is 0 Å². The minimum Gasteiger partial charge on any atom is -0.277 e. The van der Waals surface area contributed by atoms with E-state index in [9.17, 15) is 38.4 Å². The lowest BCUT2D eigenvalue weighted by molar-refractivity contribution is 0.0635. The molecular formula is C67H31N7O8. The van der Waals surface area contributed by atoms with E-state index in [0.717, 1.165) is 96.0 Å². The van der Waals surface area contributed by atoms with Crippen LogP contribution < -0.4 is 22.2 Å². The summed E-state index contributed by atoms with van der Waals surface area (Å²) in [5.74, 6) is -1.27. The fourth-order valence-corrected chi connectivity index (χ4v) is 14.9. The molecule has 382 valence electrons. The molecule has 5 aromatic heterocycles. The highest BCUT2D eigenvalue weighted by Crippen LogP contribution is 2.52. The van der Waals surface area contributed by atoms with Gasteiger partial charge in [0.05, 0.1) is 32.8 Å². The first kappa shape index (κ1) is 43.6. The highest BCUT2D eigenvalue weighted by atomic mass is 16.2. The minimum absolute atomic E-state index is 0.170. The normalized spacial score (nSPS) is 14.3. The third-order valence-electron chi connectivity index (χ3n) is 18.4. The highest BCUT2D eigenvalue weighted by Gasteiger charge is 2.36. The number of pyridine rings is 2. The zero-order chi connectivity index (χ0) is 55.1. The molecule has 0 saturated carbocycles. The van der Waals surface area contributed by atoms with Crippen molar-refractivity contribution < 1.29 is 19.2 Å². The van der Waals surface area contributed by atoms with Gasteiger partial charge in [-0.3, -0.25) is 61.5 Å². The van der Waals surface area contributed by atoms with E-state index in [1.165, 1.54) is 25.7 Å². The van der Waals surface area contributed by atoms with E-state index < -0.39 is 0 Å². The van der Waals surface area contributed by atoms with Crippen LogP contribution in [0, 0.1) is 0 Å². The molecule has 2 aliphatic rings. The van der Waals surface area contributed by atoms with E-state index in [2.05, 4.69) is 0 Å². The number of hydrogen-bond donors (Lipinski definition) is 0. The molecule has 0 spiro atoms. The van der Waals surface area contributed by atoms with Gasteiger partial charge < -0.3 is 0 Å². The number of carbonyl (C=O) groups excluding carboxylic acids is 4. The average Bonchev–Trinajstić information content (AvgIpc) is 1.48. The van der Waals surface area contributed by atoms with Crippen molar-refractivity contribution in [1.29, 1.82) is 0 Å². The number of hydrogen-bond acceptors (Lipinski definition) is 10. The van der Waals surface area contributed by atoms with Crippen LogP contribution in [0.5, 0.6) is 0 Å². The summed E-state index contributed by atoms with van der Waals surface area (Å²) in [5.41, 5.74) is 4.70. The second-order valence-electron chi connectivity index (χ2n) is 22.0. The number of para-hydroxylation sites is 4. The predicted octanol–water partition coefficient (Wildman–Crippen LogP) is 10.7. The van der Waals surface area contributed by atoms with Gasteiger partial charge in [-0.2, -0.15) is 0 Å². The predicted molar refractivity (Wildman–Crippen MR) is 319 cm³/mol. The lowest BCUT2D eigenvalue weighted by Crippen LogP contribution is -2.37. The fraction of sp³-hybridized carbons (Fsp3) is 0.0448. The third kappa shape index (κ3) is 4.63. The SMILES string of the molecule is CN1C(=O)c2ccc3c4ccc5c6c(ccc(c7ccc(c2c37)C1=O)c64)C(=O)N(C)C5=O.Cn1c(=O)c2c3cc4c5c(ccc6c7ccc8c(=O)n9c%10ccccc%10nc9c9cc(c2c1=O)c(c7c89)c3c65)c(=O)n1c2ccccc2nc41. The Kier molecular flexibility index (Phi) is 7.41. The summed E-state index contributed by atoms with van der Waals surface area (Å²) >= 11 is 0. The summed E-state index contributed by atoms with van der Waals surface area (Å²) in [4.78, 5) is 121. The van der Waals surface area contributed by atoms with Gasteiger partial charge in [0.25, 0.3) is 45.9 Å². The highest BCUT2D eigenvalue weighted by molar-refractivity contribution is 6.50. The van der Waals surface area contributed by atoms with Crippen molar-refractivity contribution in [2.45, 2.75) is 0 Å². The molecule has 18 aromatic rings. The Morgan fingerprint density at radius 2 is 0.585 bits per heavy atom. The van der Waals surface area contributed by atoms with Crippen LogP contribution in [0.25, 0.3) is 163 Å². The number of rotatable bonds is 0. The van der Waals surface area contributed by atoms with Crippen LogP contribution in [0.3, 0.4) is 0 Å². The Morgan fingerprint density at radius 3 is 0.963 bits per heavy atom. The Balaban J connectivity index is 0.000000135. The van der Waals surface area contributed by atoms with Crippen molar-refractivity contribution >= 4 is 186 Å². The summed E-state index contributed by atoms with van der Waals surface area (Å²) in [6.07, 6.45) is 0. The van der Waals surface area contributed by atoms with Crippen LogP contribution in [0.4, 0.5) is 0 Å². The molecule has 0 fully saturated rings. The van der Waals surface area contributed by atoms with Crippen molar-refractivity contribution in [2.24, 2.45) is 7.05 Å². The largest absolute Gasteiger partial charge is 0.277 e. The summed E-state index contributed by atoms with van der Waals surface area (Å²) in [6.45, 7) is 0. The molecule has 0 bridgehead atoms. The lowest BCUT2D eigenvalue weighted by atomic mass is 9.81. The van der Waals surface area contributed by atoms with E-state index in [1.807, 2.05) is 109 Å². The molecule has 0 radical (unpaired) electrons. The van der Waals surface area contributed by atoms with Crippen LogP contribution in [0.1, 0.15) is 41.4 Å². The van der Waals surface area contributed by atoms with E-state index in [-0.39, 0.29) is 45.9 Å². The summed E-state index contributed by atoms with van der Waals surface area (Å²) in [7, 11) is 4.51. The second-order valence-corrected chi connectivity index (χ2v) is 22.0. The van der Waals surface area contributed by atoms with Crippen LogP contribution in [0.15, 0.2) is 153 Å². The second kappa shape index (κ2) is 13.9. The number of imidazole rings is 2. The lowest BCUT2D eigenvalue weighted by Gasteiger charge is -2.27. The summed E-state index contributed by atoms with van der Waals surface area (Å²) in [5, 5.41) is 17.7. The smallest absolute Gasteiger partial charge is 0.264 e. The van der Waals surface area contributed by atoms with Gasteiger partial charge in [0.2, 0.25) is 0 Å². The van der Waals surface area contributed by atoms with Crippen molar-refractivity contribution in [3.05, 3.63) is 197 Å². The van der Waals surface area contributed by atoms with Crippen molar-refractivity contribution in [3.63, 3.8) is 0 Å². The standard InChI is InChI=1S/C41H17N5O4.C26H14N2O4/c1-44-40(49)34-20-14-22-28-18(38(47)45-26-8-4-2-6-24(26)42-36(22)45)12-10-16-17-11-13-19-29-23(37-43-25-7-3-5-9-27(25)46(37)39(19)48)15-21(35(34)41(44)50)33(31(17)29)32(20)30(16)28;1-27-23(29)15-7-3-11-13-5-9-17-22-18(26(32)28(2)25(17)31)10-6-14(20(13)22)12-4-8-16(24(27)30)21(15)19(11)12/h2-15H,1H3;3-10H,1-2H3. The number of imide groups is 2. The molecule has 82 heavy (non-hydrogen) atoms. The van der Waals surface area contributed by atoms with Crippen LogP contribution in [0.2, 0.25) is 0 Å². The molecular weight excluding hydrogens is 1030 g/mol. The Morgan fingerprint density at radius 1 is 0.280 bits per heavy atom. The van der Waals surface area contributed by atoms with Crippen LogP contribution >= 0.6 is 0 Å². The Bertz CT molecular complexity index is 5990. The maximum atomic E-state index is 14.3. The van der Waals surface area contributed by atoms with Gasteiger partial charge >= 0.3 is 0 Å². The topological polar surface area (TPSA) is 183 Å². The number of aromatic nitrogens is 5. The van der Waals surface area contributed by atoms with Gasteiger partial charge in [-0.25, -0.2) is 9.97 Å². The van der Waals surface area contributed by atoms with Gasteiger partial charge in [0.1, 0.15) is 11.3 Å².